The van der Waals surface area contributed by atoms with E-state index in [0.717, 1.165) is 35.9 Å². The minimum absolute atomic E-state index is 0.233. The number of anilines is 1. The normalized spacial score (nSPS) is 25.3. The van der Waals surface area contributed by atoms with Crippen LogP contribution >= 0.6 is 23.2 Å². The number of amides is 1. The molecule has 4 aliphatic carbocycles. The number of nitrogens with zero attached hydrogens (tertiary/aromatic N) is 2. The number of rotatable bonds is 4. The van der Waals surface area contributed by atoms with Crippen LogP contribution in [0.1, 0.15) is 65.7 Å². The quantitative estimate of drug-likeness (QED) is 0.441. The third-order valence-electron chi connectivity index (χ3n) is 7.35. The molecule has 0 saturated heterocycles. The Bertz CT molecular complexity index is 1180. The van der Waals surface area contributed by atoms with Crippen LogP contribution in [0.5, 0.6) is 0 Å². The van der Waals surface area contributed by atoms with Gasteiger partial charge in [0.05, 0.1) is 22.1 Å². The van der Waals surface area contributed by atoms with Gasteiger partial charge in [0.25, 0.3) is 5.91 Å². The predicted octanol–water partition coefficient (Wildman–Crippen LogP) is 6.33. The Labute approximate surface area is 197 Å². The number of para-hydroxylation sites is 1. The van der Waals surface area contributed by atoms with E-state index in [4.69, 9.17) is 28.3 Å². The van der Waals surface area contributed by atoms with E-state index in [2.05, 4.69) is 23.0 Å². The zero-order chi connectivity index (χ0) is 21.8. The van der Waals surface area contributed by atoms with Crippen LogP contribution in [0.2, 0.25) is 10.0 Å². The third kappa shape index (κ3) is 3.39. The molecule has 4 bridgehead atoms. The van der Waals surface area contributed by atoms with Crippen molar-refractivity contribution in [2.75, 3.05) is 5.43 Å². The molecule has 3 aromatic rings. The molecule has 2 N–H and O–H groups in total. The fourth-order valence-electron chi connectivity index (χ4n) is 6.26. The Morgan fingerprint density at radius 1 is 0.938 bits per heavy atom. The predicted molar refractivity (Wildman–Crippen MR) is 127 cm³/mol. The number of carbonyl (C=O) groups excluding carboxylic acids is 1. The van der Waals surface area contributed by atoms with Crippen molar-refractivity contribution < 1.29 is 4.79 Å². The van der Waals surface area contributed by atoms with Gasteiger partial charge in [-0.3, -0.25) is 15.6 Å². The van der Waals surface area contributed by atoms with Crippen molar-refractivity contribution in [2.45, 2.75) is 43.9 Å². The summed E-state index contributed by atoms with van der Waals surface area (Å²) in [5, 5.41) is 5.88. The zero-order valence-electron chi connectivity index (χ0n) is 17.5. The lowest BCUT2D eigenvalue weighted by atomic mass is 9.67. The smallest absolute Gasteiger partial charge is 0.290 e. The Hall–Kier alpha value is -2.50. The third-order valence-corrected chi connectivity index (χ3v) is 7.90. The van der Waals surface area contributed by atoms with E-state index in [9.17, 15) is 4.79 Å². The van der Waals surface area contributed by atoms with E-state index in [1.54, 1.807) is 18.2 Å². The van der Waals surface area contributed by atoms with Gasteiger partial charge in [-0.25, -0.2) is 4.68 Å². The van der Waals surface area contributed by atoms with E-state index in [-0.39, 0.29) is 5.91 Å². The van der Waals surface area contributed by atoms with Crippen LogP contribution in [0, 0.1) is 11.8 Å². The number of hydrazine groups is 1. The first kappa shape index (κ1) is 20.1. The van der Waals surface area contributed by atoms with Crippen molar-refractivity contribution >= 4 is 34.8 Å². The summed E-state index contributed by atoms with van der Waals surface area (Å²) in [5.41, 5.74) is 10.3. The standard InChI is InChI=1S/C25H24Cl2N4O/c26-18-6-7-21(20(27)13-18)28-29-25(32)23-22-16-9-14-8-15(10-16)12-17(11-14)24(22)31(30-23)19-4-2-1-3-5-19/h1-7,13-17,28H,8-12H2,(H,29,32). The minimum atomic E-state index is -0.233. The number of nitrogens with one attached hydrogen (secondary N) is 2. The summed E-state index contributed by atoms with van der Waals surface area (Å²) in [7, 11) is 0. The van der Waals surface area contributed by atoms with Crippen molar-refractivity contribution in [1.29, 1.82) is 0 Å². The summed E-state index contributed by atoms with van der Waals surface area (Å²) in [6.45, 7) is 0. The zero-order valence-corrected chi connectivity index (χ0v) is 19.0. The van der Waals surface area contributed by atoms with Gasteiger partial charge in [0, 0.05) is 16.5 Å². The van der Waals surface area contributed by atoms with Crippen molar-refractivity contribution in [3.8, 4) is 5.69 Å². The minimum Gasteiger partial charge on any atom is -0.297 e. The van der Waals surface area contributed by atoms with Gasteiger partial charge in [0.2, 0.25) is 0 Å². The summed E-state index contributed by atoms with van der Waals surface area (Å²) < 4.78 is 2.03. The van der Waals surface area contributed by atoms with Gasteiger partial charge < -0.3 is 0 Å². The average molecular weight is 467 g/mol. The molecule has 0 radical (unpaired) electrons. The number of hydrogen-bond donors (Lipinski definition) is 2. The van der Waals surface area contributed by atoms with Crippen LogP contribution in [-0.2, 0) is 0 Å². The number of hydrogen-bond acceptors (Lipinski definition) is 3. The van der Waals surface area contributed by atoms with Gasteiger partial charge in [-0.15, -0.1) is 0 Å². The highest BCUT2D eigenvalue weighted by Gasteiger charge is 2.46. The molecule has 1 heterocycles. The molecule has 164 valence electrons. The van der Waals surface area contributed by atoms with E-state index in [1.165, 1.54) is 25.0 Å². The van der Waals surface area contributed by atoms with Crippen molar-refractivity contribution in [3.05, 3.63) is 75.5 Å². The lowest BCUT2D eigenvalue weighted by Gasteiger charge is -2.38. The maximum atomic E-state index is 13.4. The lowest BCUT2D eigenvalue weighted by molar-refractivity contribution is 0.0954. The Balaban J connectivity index is 1.40. The van der Waals surface area contributed by atoms with Crippen LogP contribution < -0.4 is 10.9 Å². The second-order valence-corrected chi connectivity index (χ2v) is 10.2. The molecule has 7 rings (SSSR count). The molecule has 2 aromatic carbocycles. The van der Waals surface area contributed by atoms with Gasteiger partial charge >= 0.3 is 0 Å². The van der Waals surface area contributed by atoms with Crippen molar-refractivity contribution in [3.63, 3.8) is 0 Å². The van der Waals surface area contributed by atoms with Crippen LogP contribution in [0.15, 0.2) is 48.5 Å². The van der Waals surface area contributed by atoms with Crippen molar-refractivity contribution in [2.24, 2.45) is 11.8 Å². The molecule has 2 unspecified atom stereocenters. The first-order valence-corrected chi connectivity index (χ1v) is 12.0. The number of benzene rings is 2. The van der Waals surface area contributed by atoms with Crippen LogP contribution in [0.3, 0.4) is 0 Å². The fraction of sp³-hybridized carbons (Fsp3) is 0.360. The molecular weight excluding hydrogens is 443 g/mol. The van der Waals surface area contributed by atoms with E-state index in [1.807, 2.05) is 22.9 Å². The van der Waals surface area contributed by atoms with Crippen LogP contribution in [-0.4, -0.2) is 15.7 Å². The van der Waals surface area contributed by atoms with Gasteiger partial charge in [-0.05, 0) is 80.2 Å². The first-order valence-electron chi connectivity index (χ1n) is 11.3. The number of aromatic nitrogens is 2. The Morgan fingerprint density at radius 3 is 2.38 bits per heavy atom. The molecule has 32 heavy (non-hydrogen) atoms. The summed E-state index contributed by atoms with van der Waals surface area (Å²) in [6.07, 6.45) is 6.08. The van der Waals surface area contributed by atoms with Crippen molar-refractivity contribution in [1.82, 2.24) is 15.2 Å². The van der Waals surface area contributed by atoms with E-state index in [0.29, 0.717) is 33.3 Å². The van der Waals surface area contributed by atoms with E-state index < -0.39 is 0 Å². The molecule has 4 aliphatic rings. The van der Waals surface area contributed by atoms with Gasteiger partial charge in [0.1, 0.15) is 0 Å². The summed E-state index contributed by atoms with van der Waals surface area (Å²) >= 11 is 12.2. The topological polar surface area (TPSA) is 59.0 Å². The molecule has 2 saturated carbocycles. The molecule has 2 atom stereocenters. The maximum absolute atomic E-state index is 13.4. The molecule has 2 fully saturated rings. The number of halogens is 2. The molecule has 1 aromatic heterocycles. The fourth-order valence-corrected chi connectivity index (χ4v) is 6.71. The highest BCUT2D eigenvalue weighted by molar-refractivity contribution is 6.36. The molecular formula is C25H24Cl2N4O. The first-order chi connectivity index (χ1) is 15.6. The molecule has 1 amide bonds. The highest BCUT2D eigenvalue weighted by atomic mass is 35.5. The molecule has 0 aliphatic heterocycles. The summed E-state index contributed by atoms with van der Waals surface area (Å²) in [4.78, 5) is 13.4. The van der Waals surface area contributed by atoms with E-state index >= 15 is 0 Å². The summed E-state index contributed by atoms with van der Waals surface area (Å²) in [6, 6.07) is 15.3. The SMILES string of the molecule is O=C(NNc1ccc(Cl)cc1Cl)c1nn(-c2ccccc2)c2c1C1CC3CC(C1)CC2C3. The van der Waals surface area contributed by atoms with Gasteiger partial charge in [0.15, 0.2) is 5.69 Å². The lowest BCUT2D eigenvalue weighted by Crippen LogP contribution is -2.31. The Kier molecular flexibility index (Phi) is 4.92. The molecule has 5 nitrogen and oxygen atoms in total. The monoisotopic (exact) mass is 466 g/mol. The van der Waals surface area contributed by atoms with Crippen LogP contribution in [0.25, 0.3) is 5.69 Å². The largest absolute Gasteiger partial charge is 0.297 e. The molecule has 7 heteroatoms. The summed E-state index contributed by atoms with van der Waals surface area (Å²) in [5.74, 6) is 2.16. The molecule has 0 spiro atoms. The van der Waals surface area contributed by atoms with Gasteiger partial charge in [-0.1, -0.05) is 41.4 Å². The Morgan fingerprint density at radius 2 is 1.66 bits per heavy atom. The van der Waals surface area contributed by atoms with Crippen LogP contribution in [0.4, 0.5) is 5.69 Å². The second-order valence-electron chi connectivity index (χ2n) is 9.40. The highest BCUT2D eigenvalue weighted by Crippen LogP contribution is 2.57. The number of carbonyl (C=O) groups is 1. The maximum Gasteiger partial charge on any atom is 0.290 e. The average Bonchev–Trinajstić information content (AvgIpc) is 3.11. The van der Waals surface area contributed by atoms with Gasteiger partial charge in [-0.2, -0.15) is 5.10 Å². The second kappa shape index (κ2) is 7.82.